The Labute approximate surface area is 139 Å². The highest BCUT2D eigenvalue weighted by atomic mass is 19.3. The number of hydrogen-bond acceptors (Lipinski definition) is 5. The first-order valence-electron chi connectivity index (χ1n) is 7.97. The Morgan fingerprint density at radius 3 is 2.50 bits per heavy atom. The Morgan fingerprint density at radius 2 is 1.79 bits per heavy atom. The van der Waals surface area contributed by atoms with E-state index in [0.717, 1.165) is 38.5 Å². The van der Waals surface area contributed by atoms with Crippen molar-refractivity contribution in [2.24, 2.45) is 0 Å². The van der Waals surface area contributed by atoms with Crippen molar-refractivity contribution in [1.82, 2.24) is 14.9 Å². The smallest absolute Gasteiger partial charge is 0.280 e. The lowest BCUT2D eigenvalue weighted by Gasteiger charge is -2.35. The van der Waals surface area contributed by atoms with Gasteiger partial charge in [0.2, 0.25) is 0 Å². The van der Waals surface area contributed by atoms with Gasteiger partial charge >= 0.3 is 0 Å². The molecule has 24 heavy (non-hydrogen) atoms. The average molecular weight is 334 g/mol. The van der Waals surface area contributed by atoms with E-state index in [2.05, 4.69) is 14.9 Å². The second kappa shape index (κ2) is 8.01. The molecule has 128 valence electrons. The molecule has 1 aliphatic rings. The van der Waals surface area contributed by atoms with Crippen molar-refractivity contribution in [3.05, 3.63) is 48.4 Å². The molecule has 5 nitrogen and oxygen atoms in total. The first kappa shape index (κ1) is 16.6. The van der Waals surface area contributed by atoms with Crippen LogP contribution >= 0.6 is 0 Å². The van der Waals surface area contributed by atoms with E-state index >= 15 is 0 Å². The van der Waals surface area contributed by atoms with Crippen LogP contribution < -0.4 is 9.64 Å². The molecule has 0 saturated carbocycles. The molecule has 2 aromatic rings. The monoisotopic (exact) mass is 334 g/mol. The van der Waals surface area contributed by atoms with E-state index in [1.807, 2.05) is 35.2 Å². The minimum Gasteiger partial charge on any atom is -0.492 e. The maximum absolute atomic E-state index is 12.7. The van der Waals surface area contributed by atoms with Gasteiger partial charge in [-0.25, -0.2) is 18.7 Å². The average Bonchev–Trinajstić information content (AvgIpc) is 2.63. The van der Waals surface area contributed by atoms with Gasteiger partial charge < -0.3 is 9.64 Å². The lowest BCUT2D eigenvalue weighted by atomic mass is 10.3. The topological polar surface area (TPSA) is 41.5 Å². The number of alkyl halides is 2. The number of rotatable bonds is 6. The molecule has 1 fully saturated rings. The first-order valence-corrected chi connectivity index (χ1v) is 7.97. The van der Waals surface area contributed by atoms with Gasteiger partial charge in [-0.2, -0.15) is 0 Å². The van der Waals surface area contributed by atoms with Crippen LogP contribution in [0.25, 0.3) is 0 Å². The molecule has 7 heteroatoms. The Kier molecular flexibility index (Phi) is 5.53. The molecule has 0 unspecified atom stereocenters. The summed E-state index contributed by atoms with van der Waals surface area (Å²) in [5, 5.41) is 0. The Morgan fingerprint density at radius 1 is 1.04 bits per heavy atom. The van der Waals surface area contributed by atoms with Gasteiger partial charge in [-0.05, 0) is 12.1 Å². The van der Waals surface area contributed by atoms with E-state index in [4.69, 9.17) is 4.74 Å². The molecule has 0 amide bonds. The Hall–Kier alpha value is -2.28. The van der Waals surface area contributed by atoms with Crippen molar-refractivity contribution in [1.29, 1.82) is 0 Å². The van der Waals surface area contributed by atoms with Crippen LogP contribution in [0.15, 0.2) is 42.7 Å². The summed E-state index contributed by atoms with van der Waals surface area (Å²) >= 11 is 0. The molecule has 1 aliphatic heterocycles. The molecule has 0 spiro atoms. The molecular formula is C17H20F2N4O. The number of benzene rings is 1. The molecule has 0 radical (unpaired) electrons. The third-order valence-corrected chi connectivity index (χ3v) is 4.01. The third-order valence-electron chi connectivity index (χ3n) is 4.01. The van der Waals surface area contributed by atoms with Crippen LogP contribution in [0.3, 0.4) is 0 Å². The van der Waals surface area contributed by atoms with Gasteiger partial charge in [0, 0.05) is 38.8 Å². The zero-order valence-corrected chi connectivity index (χ0v) is 13.3. The predicted molar refractivity (Wildman–Crippen MR) is 87.6 cm³/mol. The van der Waals surface area contributed by atoms with Gasteiger partial charge in [-0.1, -0.05) is 18.2 Å². The van der Waals surface area contributed by atoms with Crippen LogP contribution in [-0.2, 0) is 0 Å². The maximum atomic E-state index is 12.7. The minimum absolute atomic E-state index is 0.223. The van der Waals surface area contributed by atoms with Gasteiger partial charge in [-0.3, -0.25) is 4.90 Å². The minimum atomic E-state index is -2.57. The number of hydrogen-bond donors (Lipinski definition) is 0. The molecule has 1 aromatic heterocycles. The standard InChI is InChI=1S/C17H20F2N4O/c18-17(19)15-12-16(21-13-20-15)23-8-6-22(7-9-23)10-11-24-14-4-2-1-3-5-14/h1-5,12-13,17H,6-11H2. The van der Waals surface area contributed by atoms with Gasteiger partial charge in [-0.15, -0.1) is 0 Å². The number of anilines is 1. The second-order valence-electron chi connectivity index (χ2n) is 5.59. The van der Waals surface area contributed by atoms with Crippen molar-refractivity contribution in [2.75, 3.05) is 44.2 Å². The Bertz CT molecular complexity index is 633. The SMILES string of the molecule is FC(F)c1cc(N2CCN(CCOc3ccccc3)CC2)ncn1. The zero-order valence-electron chi connectivity index (χ0n) is 13.3. The fourth-order valence-corrected chi connectivity index (χ4v) is 2.66. The fourth-order valence-electron chi connectivity index (χ4n) is 2.66. The summed E-state index contributed by atoms with van der Waals surface area (Å²) in [6.07, 6.45) is -1.36. The van der Waals surface area contributed by atoms with Crippen molar-refractivity contribution < 1.29 is 13.5 Å². The van der Waals surface area contributed by atoms with Gasteiger partial charge in [0.25, 0.3) is 6.43 Å². The molecule has 0 atom stereocenters. The fraction of sp³-hybridized carbons (Fsp3) is 0.412. The predicted octanol–water partition coefficient (Wildman–Crippen LogP) is 2.62. The van der Waals surface area contributed by atoms with E-state index in [1.54, 1.807) is 0 Å². The van der Waals surface area contributed by atoms with Crippen LogP contribution in [0.1, 0.15) is 12.1 Å². The van der Waals surface area contributed by atoms with E-state index in [1.165, 1.54) is 12.4 Å². The summed E-state index contributed by atoms with van der Waals surface area (Å²) < 4.78 is 31.2. The van der Waals surface area contributed by atoms with Gasteiger partial charge in [0.15, 0.2) is 0 Å². The van der Waals surface area contributed by atoms with E-state index in [9.17, 15) is 8.78 Å². The molecule has 2 heterocycles. The molecule has 0 aliphatic carbocycles. The molecule has 0 bridgehead atoms. The second-order valence-corrected chi connectivity index (χ2v) is 5.59. The number of ether oxygens (including phenoxy) is 1. The highest BCUT2D eigenvalue weighted by Crippen LogP contribution is 2.20. The molecule has 3 rings (SSSR count). The number of piperazine rings is 1. The maximum Gasteiger partial charge on any atom is 0.280 e. The quantitative estimate of drug-likeness (QED) is 0.812. The van der Waals surface area contributed by atoms with E-state index < -0.39 is 6.43 Å². The summed E-state index contributed by atoms with van der Waals surface area (Å²) in [6.45, 7) is 4.69. The lowest BCUT2D eigenvalue weighted by molar-refractivity contribution is 0.146. The van der Waals surface area contributed by atoms with Crippen LogP contribution in [-0.4, -0.2) is 54.2 Å². The van der Waals surface area contributed by atoms with E-state index in [-0.39, 0.29) is 5.69 Å². The van der Waals surface area contributed by atoms with Crippen LogP contribution in [0.4, 0.5) is 14.6 Å². The molecule has 1 aromatic carbocycles. The van der Waals surface area contributed by atoms with Gasteiger partial charge in [0.05, 0.1) is 0 Å². The zero-order chi connectivity index (χ0) is 16.8. The number of nitrogens with zero attached hydrogens (tertiary/aromatic N) is 4. The Balaban J connectivity index is 1.45. The van der Waals surface area contributed by atoms with Crippen LogP contribution in [0, 0.1) is 0 Å². The highest BCUT2D eigenvalue weighted by molar-refractivity contribution is 5.39. The number of halogens is 2. The highest BCUT2D eigenvalue weighted by Gasteiger charge is 2.19. The molecular weight excluding hydrogens is 314 g/mol. The molecule has 0 N–H and O–H groups in total. The van der Waals surface area contributed by atoms with Gasteiger partial charge in [0.1, 0.15) is 30.2 Å². The largest absolute Gasteiger partial charge is 0.492 e. The summed E-state index contributed by atoms with van der Waals surface area (Å²) in [5.74, 6) is 1.44. The van der Waals surface area contributed by atoms with E-state index in [0.29, 0.717) is 12.4 Å². The number of aromatic nitrogens is 2. The van der Waals surface area contributed by atoms with Crippen molar-refractivity contribution >= 4 is 5.82 Å². The van der Waals surface area contributed by atoms with Crippen molar-refractivity contribution in [3.8, 4) is 5.75 Å². The van der Waals surface area contributed by atoms with Crippen LogP contribution in [0.2, 0.25) is 0 Å². The number of para-hydroxylation sites is 1. The summed E-state index contributed by atoms with van der Waals surface area (Å²) in [5.41, 5.74) is -0.223. The van der Waals surface area contributed by atoms with Crippen molar-refractivity contribution in [3.63, 3.8) is 0 Å². The summed E-state index contributed by atoms with van der Waals surface area (Å²) in [7, 11) is 0. The normalized spacial score (nSPS) is 15.7. The van der Waals surface area contributed by atoms with Crippen LogP contribution in [0.5, 0.6) is 5.75 Å². The first-order chi connectivity index (χ1) is 11.7. The summed E-state index contributed by atoms with van der Waals surface area (Å²) in [4.78, 5) is 12.0. The van der Waals surface area contributed by atoms with Crippen molar-refractivity contribution in [2.45, 2.75) is 6.43 Å². The lowest BCUT2D eigenvalue weighted by Crippen LogP contribution is -2.47. The summed E-state index contributed by atoms with van der Waals surface area (Å²) in [6, 6.07) is 11.1. The molecule has 1 saturated heterocycles. The third kappa shape index (κ3) is 4.38.